The van der Waals surface area contributed by atoms with Crippen LogP contribution in [-0.4, -0.2) is 28.0 Å². The molecule has 1 aromatic carbocycles. The molecule has 0 bridgehead atoms. The number of halogens is 1. The molecule has 0 aliphatic rings. The van der Waals surface area contributed by atoms with Crippen molar-refractivity contribution in [2.24, 2.45) is 0 Å². The number of aromatic nitrogens is 2. The molecule has 0 saturated heterocycles. The lowest BCUT2D eigenvalue weighted by atomic mass is 10.1. The molecule has 2 amide bonds. The Morgan fingerprint density at radius 3 is 2.46 bits per heavy atom. The van der Waals surface area contributed by atoms with E-state index in [9.17, 15) is 9.59 Å². The van der Waals surface area contributed by atoms with Gasteiger partial charge in [-0.1, -0.05) is 25.4 Å². The summed E-state index contributed by atoms with van der Waals surface area (Å²) in [5.74, 6) is 0.321. The summed E-state index contributed by atoms with van der Waals surface area (Å²) in [6.45, 7) is 7.21. The maximum atomic E-state index is 12.8. The molecule has 0 spiro atoms. The second kappa shape index (κ2) is 8.51. The number of hydrogen-bond acceptors (Lipinski definition) is 5. The zero-order valence-corrected chi connectivity index (χ0v) is 16.9. The molecule has 1 aromatic heterocycles. The van der Waals surface area contributed by atoms with Crippen LogP contribution in [0.3, 0.4) is 0 Å². The lowest BCUT2D eigenvalue weighted by molar-refractivity contribution is -0.114. The first-order valence-electron chi connectivity index (χ1n) is 8.04. The third kappa shape index (κ3) is 4.74. The molecule has 0 aliphatic carbocycles. The second-order valence-electron chi connectivity index (χ2n) is 6.04. The number of carbonyl (C=O) groups is 2. The topological polar surface area (TPSA) is 84.0 Å². The van der Waals surface area contributed by atoms with Gasteiger partial charge >= 0.3 is 0 Å². The van der Waals surface area contributed by atoms with Crippen molar-refractivity contribution in [2.75, 3.05) is 16.9 Å². The van der Waals surface area contributed by atoms with E-state index in [1.807, 2.05) is 20.1 Å². The highest BCUT2D eigenvalue weighted by Gasteiger charge is 2.20. The van der Waals surface area contributed by atoms with Crippen LogP contribution in [0.1, 0.15) is 48.6 Å². The minimum atomic E-state index is -0.343. The Bertz CT molecular complexity index is 855. The van der Waals surface area contributed by atoms with Gasteiger partial charge in [0.15, 0.2) is 0 Å². The normalized spacial score (nSPS) is 10.7. The Balaban J connectivity index is 2.37. The summed E-state index contributed by atoms with van der Waals surface area (Å²) < 4.78 is 0. The van der Waals surface area contributed by atoms with Gasteiger partial charge in [0, 0.05) is 18.5 Å². The zero-order chi connectivity index (χ0) is 19.4. The third-order valence-electron chi connectivity index (χ3n) is 3.55. The first-order chi connectivity index (χ1) is 12.2. The summed E-state index contributed by atoms with van der Waals surface area (Å²) >= 11 is 7.57. The van der Waals surface area contributed by atoms with Gasteiger partial charge in [-0.2, -0.15) is 0 Å². The summed E-state index contributed by atoms with van der Waals surface area (Å²) in [5, 5.41) is 6.44. The predicted molar refractivity (Wildman–Crippen MR) is 106 cm³/mol. The van der Waals surface area contributed by atoms with Gasteiger partial charge in [0.2, 0.25) is 5.91 Å². The Hall–Kier alpha value is -2.12. The van der Waals surface area contributed by atoms with Crippen LogP contribution in [-0.2, 0) is 4.79 Å². The number of nitrogens with one attached hydrogen (secondary N) is 2. The monoisotopic (exact) mass is 392 g/mol. The van der Waals surface area contributed by atoms with E-state index >= 15 is 0 Å². The van der Waals surface area contributed by atoms with Crippen LogP contribution in [0.15, 0.2) is 23.2 Å². The van der Waals surface area contributed by atoms with Crippen molar-refractivity contribution in [2.45, 2.75) is 38.6 Å². The molecule has 138 valence electrons. The van der Waals surface area contributed by atoms with Crippen molar-refractivity contribution < 1.29 is 9.59 Å². The van der Waals surface area contributed by atoms with Crippen LogP contribution < -0.4 is 10.6 Å². The minimum absolute atomic E-state index is 0.167. The number of nitrogens with zero attached hydrogens (tertiary/aromatic N) is 2. The van der Waals surface area contributed by atoms with E-state index in [0.29, 0.717) is 38.5 Å². The quantitative estimate of drug-likeness (QED) is 0.578. The maximum Gasteiger partial charge on any atom is 0.260 e. The fourth-order valence-electron chi connectivity index (χ4n) is 2.32. The van der Waals surface area contributed by atoms with Gasteiger partial charge in [-0.25, -0.2) is 9.97 Å². The number of aryl methyl sites for hydroxylation is 1. The highest BCUT2D eigenvalue weighted by atomic mass is 35.5. The van der Waals surface area contributed by atoms with Gasteiger partial charge in [-0.05, 0) is 31.4 Å². The highest BCUT2D eigenvalue weighted by molar-refractivity contribution is 7.98. The first kappa shape index (κ1) is 20.2. The maximum absolute atomic E-state index is 12.8. The van der Waals surface area contributed by atoms with Crippen molar-refractivity contribution in [3.05, 3.63) is 40.3 Å². The van der Waals surface area contributed by atoms with Crippen molar-refractivity contribution in [1.82, 2.24) is 9.97 Å². The molecule has 8 heteroatoms. The minimum Gasteiger partial charge on any atom is -0.326 e. The molecule has 2 aromatic rings. The Morgan fingerprint density at radius 1 is 1.19 bits per heavy atom. The van der Waals surface area contributed by atoms with Crippen molar-refractivity contribution >= 4 is 46.6 Å². The van der Waals surface area contributed by atoms with Crippen LogP contribution in [0.5, 0.6) is 0 Å². The average molecular weight is 393 g/mol. The number of hydrogen-bond donors (Lipinski definition) is 2. The highest BCUT2D eigenvalue weighted by Crippen LogP contribution is 2.28. The number of thioether (sulfide) groups is 1. The van der Waals surface area contributed by atoms with Crippen molar-refractivity contribution in [1.29, 1.82) is 0 Å². The van der Waals surface area contributed by atoms with Crippen molar-refractivity contribution in [3.63, 3.8) is 0 Å². The number of benzene rings is 1. The lowest BCUT2D eigenvalue weighted by Crippen LogP contribution is -2.18. The Labute approximate surface area is 162 Å². The standard InChI is InChI=1S/C18H21ClN4O2S/c1-9(2)16-20-10(3)15(18(23-16)26-5)17(25)22-14-8-12(21-11(4)24)6-7-13(14)19/h6-9H,1-5H3,(H,21,24)(H,22,25). The molecule has 0 radical (unpaired) electrons. The Morgan fingerprint density at radius 2 is 1.88 bits per heavy atom. The summed E-state index contributed by atoms with van der Waals surface area (Å²) in [5.41, 5.74) is 1.98. The van der Waals surface area contributed by atoms with Gasteiger partial charge in [0.05, 0.1) is 22.0 Å². The SMILES string of the molecule is CSc1nc(C(C)C)nc(C)c1C(=O)Nc1cc(NC(C)=O)ccc1Cl. The number of carbonyl (C=O) groups excluding carboxylic acids is 2. The van der Waals surface area contributed by atoms with E-state index in [0.717, 1.165) is 0 Å². The van der Waals surface area contributed by atoms with E-state index in [1.54, 1.807) is 25.1 Å². The summed E-state index contributed by atoms with van der Waals surface area (Å²) in [6.07, 6.45) is 1.87. The molecular weight excluding hydrogens is 372 g/mol. The van der Waals surface area contributed by atoms with Gasteiger partial charge in [0.1, 0.15) is 10.9 Å². The molecule has 0 atom stereocenters. The Kier molecular flexibility index (Phi) is 6.61. The van der Waals surface area contributed by atoms with E-state index in [2.05, 4.69) is 20.6 Å². The van der Waals surface area contributed by atoms with E-state index < -0.39 is 0 Å². The molecule has 0 unspecified atom stereocenters. The summed E-state index contributed by atoms with van der Waals surface area (Å²) in [6, 6.07) is 4.89. The van der Waals surface area contributed by atoms with Gasteiger partial charge in [-0.3, -0.25) is 9.59 Å². The third-order valence-corrected chi connectivity index (χ3v) is 4.56. The molecule has 2 N–H and O–H groups in total. The van der Waals surface area contributed by atoms with Gasteiger partial charge in [-0.15, -0.1) is 11.8 Å². The molecule has 0 saturated carbocycles. The van der Waals surface area contributed by atoms with E-state index in [-0.39, 0.29) is 17.7 Å². The van der Waals surface area contributed by atoms with E-state index in [1.165, 1.54) is 18.7 Å². The number of amides is 2. The molecule has 1 heterocycles. The largest absolute Gasteiger partial charge is 0.326 e. The summed E-state index contributed by atoms with van der Waals surface area (Å²) in [7, 11) is 0. The second-order valence-corrected chi connectivity index (χ2v) is 7.24. The molecule has 26 heavy (non-hydrogen) atoms. The van der Waals surface area contributed by atoms with Crippen LogP contribution in [0, 0.1) is 6.92 Å². The first-order valence-corrected chi connectivity index (χ1v) is 9.64. The van der Waals surface area contributed by atoms with Crippen LogP contribution >= 0.6 is 23.4 Å². The smallest absolute Gasteiger partial charge is 0.260 e. The van der Waals surface area contributed by atoms with Gasteiger partial charge in [0.25, 0.3) is 5.91 Å². The van der Waals surface area contributed by atoms with Crippen LogP contribution in [0.2, 0.25) is 5.02 Å². The molecule has 0 aliphatic heterocycles. The van der Waals surface area contributed by atoms with Crippen LogP contribution in [0.25, 0.3) is 0 Å². The fraction of sp³-hybridized carbons (Fsp3) is 0.333. The number of anilines is 2. The van der Waals surface area contributed by atoms with Crippen molar-refractivity contribution in [3.8, 4) is 0 Å². The summed E-state index contributed by atoms with van der Waals surface area (Å²) in [4.78, 5) is 33.0. The fourth-order valence-corrected chi connectivity index (χ4v) is 3.12. The number of rotatable bonds is 5. The molecular formula is C18H21ClN4O2S. The molecule has 0 fully saturated rings. The van der Waals surface area contributed by atoms with E-state index in [4.69, 9.17) is 11.6 Å². The molecule has 2 rings (SSSR count). The lowest BCUT2D eigenvalue weighted by Gasteiger charge is -2.14. The van der Waals surface area contributed by atoms with Gasteiger partial charge < -0.3 is 10.6 Å². The predicted octanol–water partition coefficient (Wildman–Crippen LogP) is 4.49. The molecule has 6 nitrogen and oxygen atoms in total. The van der Waals surface area contributed by atoms with Crippen LogP contribution in [0.4, 0.5) is 11.4 Å². The average Bonchev–Trinajstić information content (AvgIpc) is 2.56. The zero-order valence-electron chi connectivity index (χ0n) is 15.3.